The maximum Gasteiger partial charge on any atom is 0.266 e. The number of fused-ring (bicyclic) bond motifs is 2. The van der Waals surface area contributed by atoms with Crippen LogP contribution >= 0.6 is 35.7 Å². The summed E-state index contributed by atoms with van der Waals surface area (Å²) in [6.07, 6.45) is 5.80. The maximum atomic E-state index is 12.7. The first-order valence-electron chi connectivity index (χ1n) is 10.2. The molecule has 10 heteroatoms. The van der Waals surface area contributed by atoms with Crippen LogP contribution in [0.4, 0.5) is 5.69 Å². The fraction of sp³-hybridized carbons (Fsp3) is 0.217. The first kappa shape index (κ1) is 24.0. The summed E-state index contributed by atoms with van der Waals surface area (Å²) < 4.78 is 31.3. The highest BCUT2D eigenvalue weighted by molar-refractivity contribution is 8.26. The van der Waals surface area contributed by atoms with Gasteiger partial charge in [0.05, 0.1) is 21.4 Å². The Morgan fingerprint density at radius 1 is 1.15 bits per heavy atom. The van der Waals surface area contributed by atoms with Crippen LogP contribution in [-0.2, 0) is 14.9 Å². The largest absolute Gasteiger partial charge is 0.335 e. The maximum absolute atomic E-state index is 12.7. The van der Waals surface area contributed by atoms with E-state index in [0.29, 0.717) is 4.91 Å². The lowest BCUT2D eigenvalue weighted by Crippen LogP contribution is -2.32. The lowest BCUT2D eigenvalue weighted by Gasteiger charge is -2.18. The standard InChI is InChI=1S/C23H22N2O4S4/c1-3-24-18-13-16-8-4-5-9-17(16)14-19(18)31-20(24)10-6-7-15(2)21-22(26)25(23(30)32-21)11-12-33(27,28)29/h4-10,13-14H,3,11-12H2,1-2H3,(H,27,28,29). The number of carbonyl (C=O) groups excluding carboxylic acids is 1. The summed E-state index contributed by atoms with van der Waals surface area (Å²) in [4.78, 5) is 17.8. The number of nitrogens with zero attached hydrogens (tertiary/aromatic N) is 2. The van der Waals surface area contributed by atoms with Crippen LogP contribution < -0.4 is 4.90 Å². The lowest BCUT2D eigenvalue weighted by atomic mass is 10.1. The van der Waals surface area contributed by atoms with Crippen molar-refractivity contribution in [3.8, 4) is 0 Å². The Balaban J connectivity index is 1.53. The second-order valence-electron chi connectivity index (χ2n) is 7.50. The Bertz CT molecular complexity index is 1350. The summed E-state index contributed by atoms with van der Waals surface area (Å²) in [6, 6.07) is 12.7. The summed E-state index contributed by atoms with van der Waals surface area (Å²) >= 11 is 8.08. The molecule has 1 saturated heterocycles. The second-order valence-corrected chi connectivity index (χ2v) is 11.8. The minimum atomic E-state index is -4.17. The fourth-order valence-corrected chi connectivity index (χ4v) is 6.52. The van der Waals surface area contributed by atoms with Gasteiger partial charge < -0.3 is 4.90 Å². The number of thioether (sulfide) groups is 2. The fourth-order valence-electron chi connectivity index (χ4n) is 3.63. The van der Waals surface area contributed by atoms with Gasteiger partial charge in [-0.2, -0.15) is 8.42 Å². The monoisotopic (exact) mass is 518 g/mol. The van der Waals surface area contributed by atoms with Crippen LogP contribution in [0.3, 0.4) is 0 Å². The SMILES string of the molecule is CCN1C(=CC=CC(C)=C2SC(=S)N(CCS(=O)(=O)O)C2=O)Sc2cc3ccccc3cc21. The molecule has 0 saturated carbocycles. The Morgan fingerprint density at radius 2 is 1.85 bits per heavy atom. The van der Waals surface area contributed by atoms with Crippen molar-refractivity contribution >= 4 is 72.5 Å². The highest BCUT2D eigenvalue weighted by atomic mass is 32.2. The first-order chi connectivity index (χ1) is 15.7. The molecule has 0 unspecified atom stereocenters. The zero-order valence-corrected chi connectivity index (χ0v) is 21.3. The van der Waals surface area contributed by atoms with Gasteiger partial charge in [0, 0.05) is 18.0 Å². The molecule has 1 fully saturated rings. The Morgan fingerprint density at radius 3 is 2.52 bits per heavy atom. The predicted molar refractivity (Wildman–Crippen MR) is 141 cm³/mol. The van der Waals surface area contributed by atoms with E-state index in [2.05, 4.69) is 36.1 Å². The minimum absolute atomic E-state index is 0.164. The molecular formula is C23H22N2O4S4. The molecule has 0 radical (unpaired) electrons. The van der Waals surface area contributed by atoms with Crippen molar-refractivity contribution < 1.29 is 17.8 Å². The minimum Gasteiger partial charge on any atom is -0.335 e. The van der Waals surface area contributed by atoms with Gasteiger partial charge in [-0.15, -0.1) is 0 Å². The highest BCUT2D eigenvalue weighted by Gasteiger charge is 2.33. The molecule has 1 N–H and O–H groups in total. The normalized spacial score (nSPS) is 19.4. The molecule has 1 amide bonds. The third-order valence-electron chi connectivity index (χ3n) is 5.28. The van der Waals surface area contributed by atoms with Crippen molar-refractivity contribution in [2.24, 2.45) is 0 Å². The molecule has 33 heavy (non-hydrogen) atoms. The van der Waals surface area contributed by atoms with Crippen molar-refractivity contribution in [1.29, 1.82) is 0 Å². The number of carbonyl (C=O) groups is 1. The Kier molecular flexibility index (Phi) is 7.01. The van der Waals surface area contributed by atoms with E-state index in [1.165, 1.54) is 26.3 Å². The predicted octanol–water partition coefficient (Wildman–Crippen LogP) is 5.19. The van der Waals surface area contributed by atoms with Crippen LogP contribution in [0.15, 0.2) is 75.0 Å². The number of benzene rings is 2. The molecule has 2 heterocycles. The summed E-state index contributed by atoms with van der Waals surface area (Å²) in [7, 11) is -4.17. The van der Waals surface area contributed by atoms with E-state index in [4.69, 9.17) is 16.8 Å². The molecule has 2 aromatic rings. The third-order valence-corrected chi connectivity index (χ3v) is 8.66. The molecule has 2 aliphatic rings. The van der Waals surface area contributed by atoms with Gasteiger partial charge in [0.2, 0.25) is 0 Å². The van der Waals surface area contributed by atoms with E-state index in [1.54, 1.807) is 11.8 Å². The zero-order chi connectivity index (χ0) is 23.8. The average molecular weight is 519 g/mol. The van der Waals surface area contributed by atoms with Crippen LogP contribution in [0.25, 0.3) is 10.8 Å². The van der Waals surface area contributed by atoms with Crippen LogP contribution in [0, 0.1) is 0 Å². The third kappa shape index (κ3) is 5.20. The number of thiocarbonyl (C=S) groups is 1. The van der Waals surface area contributed by atoms with Gasteiger partial charge in [0.15, 0.2) is 0 Å². The molecule has 2 aromatic carbocycles. The van der Waals surface area contributed by atoms with Crippen molar-refractivity contribution in [1.82, 2.24) is 4.90 Å². The topological polar surface area (TPSA) is 77.9 Å². The van der Waals surface area contributed by atoms with E-state index in [0.717, 1.165) is 28.9 Å². The molecule has 0 spiro atoms. The molecule has 0 aliphatic carbocycles. The van der Waals surface area contributed by atoms with E-state index in [1.807, 2.05) is 37.3 Å². The average Bonchev–Trinajstić information content (AvgIpc) is 3.25. The van der Waals surface area contributed by atoms with E-state index >= 15 is 0 Å². The number of amides is 1. The van der Waals surface area contributed by atoms with Gasteiger partial charge in [-0.05, 0) is 48.4 Å². The molecule has 2 aliphatic heterocycles. The summed E-state index contributed by atoms with van der Waals surface area (Å²) in [5.41, 5.74) is 1.94. The number of allylic oxidation sites excluding steroid dienone is 4. The molecule has 6 nitrogen and oxygen atoms in total. The van der Waals surface area contributed by atoms with E-state index < -0.39 is 15.9 Å². The number of anilines is 1. The number of hydrogen-bond donors (Lipinski definition) is 1. The van der Waals surface area contributed by atoms with E-state index in [9.17, 15) is 13.2 Å². The van der Waals surface area contributed by atoms with Crippen LogP contribution in [0.5, 0.6) is 0 Å². The van der Waals surface area contributed by atoms with E-state index in [-0.39, 0.29) is 16.8 Å². The summed E-state index contributed by atoms with van der Waals surface area (Å²) in [5.74, 6) is -0.888. The lowest BCUT2D eigenvalue weighted by molar-refractivity contribution is -0.122. The molecule has 4 rings (SSSR count). The Labute approximate surface area is 207 Å². The quantitative estimate of drug-likeness (QED) is 0.318. The Hall–Kier alpha value is -2.11. The van der Waals surface area contributed by atoms with Crippen molar-refractivity contribution in [2.45, 2.75) is 18.7 Å². The van der Waals surface area contributed by atoms with Gasteiger partial charge in [0.1, 0.15) is 4.32 Å². The smallest absolute Gasteiger partial charge is 0.266 e. The van der Waals surface area contributed by atoms with Crippen molar-refractivity contribution in [3.63, 3.8) is 0 Å². The molecular weight excluding hydrogens is 497 g/mol. The molecule has 0 bridgehead atoms. The van der Waals surface area contributed by atoms with Crippen LogP contribution in [-0.4, -0.2) is 46.9 Å². The summed E-state index contributed by atoms with van der Waals surface area (Å²) in [5, 5.41) is 3.52. The molecule has 0 aromatic heterocycles. The molecule has 172 valence electrons. The van der Waals surface area contributed by atoms with Gasteiger partial charge in [-0.3, -0.25) is 14.2 Å². The molecule has 0 atom stereocenters. The van der Waals surface area contributed by atoms with Gasteiger partial charge in [-0.1, -0.05) is 72.2 Å². The first-order valence-corrected chi connectivity index (χ1v) is 13.9. The van der Waals surface area contributed by atoms with Crippen molar-refractivity contribution in [2.75, 3.05) is 23.7 Å². The van der Waals surface area contributed by atoms with Gasteiger partial charge in [-0.25, -0.2) is 0 Å². The summed E-state index contributed by atoms with van der Waals surface area (Å²) in [6.45, 7) is 4.61. The zero-order valence-electron chi connectivity index (χ0n) is 18.0. The van der Waals surface area contributed by atoms with Crippen molar-refractivity contribution in [3.05, 3.63) is 70.1 Å². The second kappa shape index (κ2) is 9.63. The van der Waals surface area contributed by atoms with Gasteiger partial charge >= 0.3 is 0 Å². The number of rotatable bonds is 6. The highest BCUT2D eigenvalue weighted by Crippen LogP contribution is 2.47. The van der Waals surface area contributed by atoms with Crippen LogP contribution in [0.2, 0.25) is 0 Å². The van der Waals surface area contributed by atoms with Crippen LogP contribution in [0.1, 0.15) is 13.8 Å². The van der Waals surface area contributed by atoms with Gasteiger partial charge in [0.25, 0.3) is 16.0 Å². The number of hydrogen-bond acceptors (Lipinski definition) is 7.